The fourth-order valence-electron chi connectivity index (χ4n) is 2.88. The van der Waals surface area contributed by atoms with Crippen molar-refractivity contribution in [3.05, 3.63) is 64.7 Å². The summed E-state index contributed by atoms with van der Waals surface area (Å²) in [6, 6.07) is 14.5. The first-order valence-electron chi connectivity index (χ1n) is 8.38. The van der Waals surface area contributed by atoms with E-state index in [1.807, 2.05) is 11.0 Å². The van der Waals surface area contributed by atoms with Crippen molar-refractivity contribution in [3.63, 3.8) is 0 Å². The zero-order valence-corrected chi connectivity index (χ0v) is 14.3. The van der Waals surface area contributed by atoms with Gasteiger partial charge in [-0.25, -0.2) is 0 Å². The molecule has 3 rings (SSSR count). The van der Waals surface area contributed by atoms with E-state index in [4.69, 9.17) is 4.74 Å². The van der Waals surface area contributed by atoms with Gasteiger partial charge in [-0.3, -0.25) is 4.79 Å². The van der Waals surface area contributed by atoms with Gasteiger partial charge < -0.3 is 15.0 Å². The summed E-state index contributed by atoms with van der Waals surface area (Å²) in [5.74, 6) is 1.02. The van der Waals surface area contributed by atoms with Crippen molar-refractivity contribution in [2.24, 2.45) is 0 Å². The van der Waals surface area contributed by atoms with E-state index in [1.165, 1.54) is 5.56 Å². The summed E-state index contributed by atoms with van der Waals surface area (Å²) in [4.78, 5) is 13.9. The Morgan fingerprint density at radius 1 is 1.12 bits per heavy atom. The first-order chi connectivity index (χ1) is 11.6. The number of nitrogens with one attached hydrogen (secondary N) is 1. The maximum atomic E-state index is 12.1. The summed E-state index contributed by atoms with van der Waals surface area (Å²) in [7, 11) is 0. The second-order valence-corrected chi connectivity index (χ2v) is 6.33. The number of amides is 1. The van der Waals surface area contributed by atoms with Gasteiger partial charge in [0.25, 0.3) is 0 Å². The van der Waals surface area contributed by atoms with Crippen LogP contribution in [0.5, 0.6) is 5.75 Å². The highest BCUT2D eigenvalue weighted by Crippen LogP contribution is 2.23. The molecule has 0 unspecified atom stereocenters. The molecule has 1 aliphatic heterocycles. The Morgan fingerprint density at radius 2 is 1.83 bits per heavy atom. The smallest absolute Gasteiger partial charge is 0.220 e. The lowest BCUT2D eigenvalue weighted by Crippen LogP contribution is -2.27. The summed E-state index contributed by atoms with van der Waals surface area (Å²) >= 11 is 0. The molecule has 2 aromatic carbocycles. The first kappa shape index (κ1) is 16.5. The van der Waals surface area contributed by atoms with Crippen molar-refractivity contribution in [2.75, 3.05) is 13.2 Å². The van der Waals surface area contributed by atoms with Gasteiger partial charge >= 0.3 is 0 Å². The van der Waals surface area contributed by atoms with Crippen LogP contribution in [0.4, 0.5) is 0 Å². The standard InChI is InChI=1S/C20H24N2O2/c1-15-3-5-17(6-4-15)13-22(16(2)23)14-18-7-8-20-19(11-18)12-21-9-10-24-20/h3-8,11,21H,9-10,12-14H2,1-2H3. The molecule has 0 atom stereocenters. The molecule has 126 valence electrons. The van der Waals surface area contributed by atoms with Gasteiger partial charge in [0.15, 0.2) is 0 Å². The lowest BCUT2D eigenvalue weighted by molar-refractivity contribution is -0.130. The molecule has 1 heterocycles. The summed E-state index contributed by atoms with van der Waals surface area (Å²) < 4.78 is 5.72. The van der Waals surface area contributed by atoms with Crippen LogP contribution < -0.4 is 10.1 Å². The highest BCUT2D eigenvalue weighted by Gasteiger charge is 2.13. The fourth-order valence-corrected chi connectivity index (χ4v) is 2.88. The predicted octanol–water partition coefficient (Wildman–Crippen LogP) is 3.03. The van der Waals surface area contributed by atoms with Crippen LogP contribution in [0.2, 0.25) is 0 Å². The van der Waals surface area contributed by atoms with Gasteiger partial charge in [0, 0.05) is 38.7 Å². The van der Waals surface area contributed by atoms with E-state index in [2.05, 4.69) is 48.6 Å². The third kappa shape index (κ3) is 4.15. The summed E-state index contributed by atoms with van der Waals surface area (Å²) in [6.07, 6.45) is 0. The molecule has 0 saturated carbocycles. The number of carbonyl (C=O) groups is 1. The van der Waals surface area contributed by atoms with Crippen molar-refractivity contribution in [1.29, 1.82) is 0 Å². The third-order valence-electron chi connectivity index (χ3n) is 4.29. The maximum Gasteiger partial charge on any atom is 0.220 e. The summed E-state index contributed by atoms with van der Waals surface area (Å²) in [5, 5.41) is 3.35. The molecule has 0 spiro atoms. The minimum absolute atomic E-state index is 0.0832. The average molecular weight is 324 g/mol. The van der Waals surface area contributed by atoms with E-state index in [-0.39, 0.29) is 5.91 Å². The zero-order chi connectivity index (χ0) is 16.9. The number of hydrogen-bond acceptors (Lipinski definition) is 3. The topological polar surface area (TPSA) is 41.6 Å². The second-order valence-electron chi connectivity index (χ2n) is 6.33. The highest BCUT2D eigenvalue weighted by molar-refractivity contribution is 5.73. The number of benzene rings is 2. The average Bonchev–Trinajstić information content (AvgIpc) is 2.81. The number of rotatable bonds is 4. The van der Waals surface area contributed by atoms with E-state index in [9.17, 15) is 4.79 Å². The summed E-state index contributed by atoms with van der Waals surface area (Å²) in [5.41, 5.74) is 4.66. The molecule has 0 bridgehead atoms. The quantitative estimate of drug-likeness (QED) is 0.940. The first-order valence-corrected chi connectivity index (χ1v) is 8.38. The molecule has 0 radical (unpaired) electrons. The number of fused-ring (bicyclic) bond motifs is 1. The largest absolute Gasteiger partial charge is 0.492 e. The Hall–Kier alpha value is -2.33. The molecular formula is C20H24N2O2. The van der Waals surface area contributed by atoms with Gasteiger partial charge in [-0.1, -0.05) is 35.9 Å². The van der Waals surface area contributed by atoms with E-state index in [0.29, 0.717) is 19.7 Å². The van der Waals surface area contributed by atoms with Crippen molar-refractivity contribution in [3.8, 4) is 5.75 Å². The Labute approximate surface area is 143 Å². The van der Waals surface area contributed by atoms with Gasteiger partial charge in [-0.2, -0.15) is 0 Å². The predicted molar refractivity (Wildman–Crippen MR) is 94.8 cm³/mol. The fraction of sp³-hybridized carbons (Fsp3) is 0.350. The number of ether oxygens (including phenoxy) is 1. The third-order valence-corrected chi connectivity index (χ3v) is 4.29. The van der Waals surface area contributed by atoms with E-state index in [0.717, 1.165) is 35.5 Å². The number of hydrogen-bond donors (Lipinski definition) is 1. The van der Waals surface area contributed by atoms with Gasteiger partial charge in [0.05, 0.1) is 0 Å². The molecule has 1 aliphatic rings. The van der Waals surface area contributed by atoms with Gasteiger partial charge in [-0.15, -0.1) is 0 Å². The van der Waals surface area contributed by atoms with Crippen LogP contribution in [0.1, 0.15) is 29.2 Å². The Bertz CT molecular complexity index is 710. The van der Waals surface area contributed by atoms with Crippen LogP contribution in [-0.4, -0.2) is 24.0 Å². The number of nitrogens with zero attached hydrogens (tertiary/aromatic N) is 1. The van der Waals surface area contributed by atoms with Crippen LogP contribution in [0.3, 0.4) is 0 Å². The van der Waals surface area contributed by atoms with Gasteiger partial charge in [0.2, 0.25) is 5.91 Å². The molecule has 0 fully saturated rings. The molecule has 4 nitrogen and oxygen atoms in total. The lowest BCUT2D eigenvalue weighted by atomic mass is 10.1. The number of aryl methyl sites for hydroxylation is 1. The highest BCUT2D eigenvalue weighted by atomic mass is 16.5. The molecule has 1 N–H and O–H groups in total. The van der Waals surface area contributed by atoms with E-state index >= 15 is 0 Å². The van der Waals surface area contributed by atoms with E-state index < -0.39 is 0 Å². The normalized spacial score (nSPS) is 13.6. The van der Waals surface area contributed by atoms with Crippen molar-refractivity contribution >= 4 is 5.91 Å². The molecule has 2 aromatic rings. The molecule has 1 amide bonds. The number of carbonyl (C=O) groups excluding carboxylic acids is 1. The Morgan fingerprint density at radius 3 is 2.58 bits per heavy atom. The van der Waals surface area contributed by atoms with Crippen molar-refractivity contribution in [2.45, 2.75) is 33.5 Å². The molecule has 0 saturated heterocycles. The van der Waals surface area contributed by atoms with Gasteiger partial charge in [0.1, 0.15) is 12.4 Å². The van der Waals surface area contributed by atoms with Crippen molar-refractivity contribution in [1.82, 2.24) is 10.2 Å². The minimum atomic E-state index is 0.0832. The molecular weight excluding hydrogens is 300 g/mol. The summed E-state index contributed by atoms with van der Waals surface area (Å²) in [6.45, 7) is 7.29. The molecule has 4 heteroatoms. The lowest BCUT2D eigenvalue weighted by Gasteiger charge is -2.22. The van der Waals surface area contributed by atoms with Crippen LogP contribution in [0.25, 0.3) is 0 Å². The van der Waals surface area contributed by atoms with Crippen molar-refractivity contribution < 1.29 is 9.53 Å². The second kappa shape index (κ2) is 7.49. The Kier molecular flexibility index (Phi) is 5.16. The van der Waals surface area contributed by atoms with Crippen LogP contribution in [0.15, 0.2) is 42.5 Å². The van der Waals surface area contributed by atoms with Crippen LogP contribution >= 0.6 is 0 Å². The Balaban J connectivity index is 1.74. The molecule has 0 aliphatic carbocycles. The van der Waals surface area contributed by atoms with Gasteiger partial charge in [-0.05, 0) is 30.2 Å². The molecule has 24 heavy (non-hydrogen) atoms. The minimum Gasteiger partial charge on any atom is -0.492 e. The van der Waals surface area contributed by atoms with Crippen LogP contribution in [0, 0.1) is 6.92 Å². The monoisotopic (exact) mass is 324 g/mol. The van der Waals surface area contributed by atoms with E-state index in [1.54, 1.807) is 6.92 Å². The SMILES string of the molecule is CC(=O)N(Cc1ccc(C)cc1)Cc1ccc2c(c1)CNCCO2. The van der Waals surface area contributed by atoms with Crippen LogP contribution in [-0.2, 0) is 24.4 Å². The molecule has 0 aromatic heterocycles. The maximum absolute atomic E-state index is 12.1. The zero-order valence-electron chi connectivity index (χ0n) is 14.3.